The van der Waals surface area contributed by atoms with Crippen molar-refractivity contribution in [1.29, 1.82) is 0 Å². The lowest BCUT2D eigenvalue weighted by Gasteiger charge is -2.07. The molecule has 0 aliphatic carbocycles. The van der Waals surface area contributed by atoms with Crippen molar-refractivity contribution in [3.05, 3.63) is 84.6 Å². The number of fused-ring (bicyclic) bond motifs is 1. The van der Waals surface area contributed by atoms with Gasteiger partial charge in [-0.1, -0.05) is 60.7 Å². The Labute approximate surface area is 151 Å². The molecule has 0 saturated heterocycles. The first-order chi connectivity index (χ1) is 12.9. The third-order valence-electron chi connectivity index (χ3n) is 4.68. The van der Waals surface area contributed by atoms with Gasteiger partial charge >= 0.3 is 0 Å². The Kier molecular flexibility index (Phi) is 3.53. The van der Waals surface area contributed by atoms with Gasteiger partial charge in [0.05, 0.1) is 17.9 Å². The molecule has 126 valence electrons. The quantitative estimate of drug-likeness (QED) is 0.613. The molecule has 0 spiro atoms. The summed E-state index contributed by atoms with van der Waals surface area (Å²) in [5, 5.41) is 3.32. The summed E-state index contributed by atoms with van der Waals surface area (Å²) in [5.74, 6) is 0.981. The normalized spacial score (nSPS) is 13.6. The van der Waals surface area contributed by atoms with Crippen LogP contribution in [-0.4, -0.2) is 28.3 Å². The highest BCUT2D eigenvalue weighted by molar-refractivity contribution is 6.00. The van der Waals surface area contributed by atoms with E-state index in [1.807, 2.05) is 24.3 Å². The second-order valence-electron chi connectivity index (χ2n) is 6.34. The van der Waals surface area contributed by atoms with Crippen LogP contribution in [0.2, 0.25) is 0 Å². The van der Waals surface area contributed by atoms with Gasteiger partial charge in [0.15, 0.2) is 0 Å². The number of nitrogens with one attached hydrogen (secondary N) is 1. The molecule has 0 amide bonds. The standard InChI is InChI=1S/C22H18N4/c1-2-6-17(7-3-1)21-20(25-19-8-4-5-15-26(19)21)16-9-11-18(12-10-16)22-23-13-14-24-22/h1-12,15H,13-14H2,(H,23,24). The average Bonchev–Trinajstić information content (AvgIpc) is 3.37. The molecule has 0 unspecified atom stereocenters. The van der Waals surface area contributed by atoms with Gasteiger partial charge in [-0.25, -0.2) is 4.98 Å². The van der Waals surface area contributed by atoms with Crippen molar-refractivity contribution in [1.82, 2.24) is 14.7 Å². The zero-order chi connectivity index (χ0) is 17.3. The Balaban J connectivity index is 1.67. The van der Waals surface area contributed by atoms with Crippen LogP contribution in [0.1, 0.15) is 5.56 Å². The lowest BCUT2D eigenvalue weighted by atomic mass is 10.0. The molecular formula is C22H18N4. The maximum atomic E-state index is 4.90. The van der Waals surface area contributed by atoms with Crippen molar-refractivity contribution < 1.29 is 0 Å². The summed E-state index contributed by atoms with van der Waals surface area (Å²) in [6.45, 7) is 1.77. The van der Waals surface area contributed by atoms with Crippen molar-refractivity contribution in [2.75, 3.05) is 13.1 Å². The van der Waals surface area contributed by atoms with Gasteiger partial charge in [0.2, 0.25) is 0 Å². The van der Waals surface area contributed by atoms with Crippen LogP contribution in [-0.2, 0) is 0 Å². The van der Waals surface area contributed by atoms with Gasteiger partial charge in [-0.2, -0.15) is 0 Å². The van der Waals surface area contributed by atoms with Gasteiger partial charge in [0.25, 0.3) is 0 Å². The number of amidine groups is 1. The average molecular weight is 338 g/mol. The molecule has 4 aromatic rings. The molecule has 1 N–H and O–H groups in total. The number of pyridine rings is 1. The number of nitrogens with zero attached hydrogens (tertiary/aromatic N) is 3. The molecule has 0 atom stereocenters. The molecule has 0 saturated carbocycles. The van der Waals surface area contributed by atoms with Crippen LogP contribution in [0.25, 0.3) is 28.2 Å². The molecule has 26 heavy (non-hydrogen) atoms. The molecule has 2 aromatic heterocycles. The molecule has 3 heterocycles. The number of hydrogen-bond donors (Lipinski definition) is 1. The van der Waals surface area contributed by atoms with Gasteiger partial charge in [0, 0.05) is 29.4 Å². The minimum absolute atomic E-state index is 0.849. The Hall–Kier alpha value is -3.40. The molecule has 4 heteroatoms. The van der Waals surface area contributed by atoms with Gasteiger partial charge < -0.3 is 5.32 Å². The lowest BCUT2D eigenvalue weighted by Crippen LogP contribution is -2.19. The number of benzene rings is 2. The molecular weight excluding hydrogens is 320 g/mol. The number of aromatic nitrogens is 2. The number of imidazole rings is 1. The van der Waals surface area contributed by atoms with Crippen molar-refractivity contribution in [2.45, 2.75) is 0 Å². The molecule has 0 bridgehead atoms. The van der Waals surface area contributed by atoms with E-state index in [1.165, 1.54) is 0 Å². The van der Waals surface area contributed by atoms with E-state index in [9.17, 15) is 0 Å². The highest BCUT2D eigenvalue weighted by Crippen LogP contribution is 2.32. The minimum Gasteiger partial charge on any atom is -0.368 e. The van der Waals surface area contributed by atoms with Crippen LogP contribution < -0.4 is 5.32 Å². The van der Waals surface area contributed by atoms with Gasteiger partial charge in [-0.05, 0) is 12.1 Å². The topological polar surface area (TPSA) is 41.7 Å². The van der Waals surface area contributed by atoms with E-state index < -0.39 is 0 Å². The molecule has 4 nitrogen and oxygen atoms in total. The summed E-state index contributed by atoms with van der Waals surface area (Å²) in [7, 11) is 0. The van der Waals surface area contributed by atoms with Crippen LogP contribution in [0.3, 0.4) is 0 Å². The molecule has 1 aliphatic rings. The first kappa shape index (κ1) is 14.9. The van der Waals surface area contributed by atoms with Gasteiger partial charge in [-0.15, -0.1) is 0 Å². The fourth-order valence-electron chi connectivity index (χ4n) is 3.45. The van der Waals surface area contributed by atoms with Crippen LogP contribution in [0.5, 0.6) is 0 Å². The summed E-state index contributed by atoms with van der Waals surface area (Å²) in [6, 6.07) is 25.0. The fourth-order valence-corrected chi connectivity index (χ4v) is 3.45. The molecule has 0 radical (unpaired) electrons. The zero-order valence-electron chi connectivity index (χ0n) is 14.3. The van der Waals surface area contributed by atoms with E-state index in [0.29, 0.717) is 0 Å². The first-order valence-electron chi connectivity index (χ1n) is 8.82. The summed E-state index contributed by atoms with van der Waals surface area (Å²) in [4.78, 5) is 9.40. The number of aliphatic imine (C=N–C) groups is 1. The summed E-state index contributed by atoms with van der Waals surface area (Å²) in [6.07, 6.45) is 2.07. The third-order valence-corrected chi connectivity index (χ3v) is 4.68. The van der Waals surface area contributed by atoms with E-state index >= 15 is 0 Å². The van der Waals surface area contributed by atoms with Crippen molar-refractivity contribution in [3.8, 4) is 22.5 Å². The van der Waals surface area contributed by atoms with Crippen molar-refractivity contribution in [2.24, 2.45) is 4.99 Å². The van der Waals surface area contributed by atoms with E-state index in [0.717, 1.165) is 52.7 Å². The SMILES string of the molecule is c1ccc(-c2c(-c3ccc(C4=NCCN4)cc3)nc3ccccn23)cc1. The van der Waals surface area contributed by atoms with Gasteiger partial charge in [0.1, 0.15) is 11.5 Å². The largest absolute Gasteiger partial charge is 0.368 e. The first-order valence-corrected chi connectivity index (χ1v) is 8.82. The molecule has 2 aromatic carbocycles. The smallest absolute Gasteiger partial charge is 0.137 e. The van der Waals surface area contributed by atoms with Crippen molar-refractivity contribution in [3.63, 3.8) is 0 Å². The van der Waals surface area contributed by atoms with Gasteiger partial charge in [-0.3, -0.25) is 9.39 Å². The predicted octanol–water partition coefficient (Wildman–Crippen LogP) is 4.02. The maximum Gasteiger partial charge on any atom is 0.137 e. The van der Waals surface area contributed by atoms with E-state index in [4.69, 9.17) is 4.98 Å². The lowest BCUT2D eigenvalue weighted by molar-refractivity contribution is 0.960. The fraction of sp³-hybridized carbons (Fsp3) is 0.0909. The zero-order valence-corrected chi connectivity index (χ0v) is 14.3. The highest BCUT2D eigenvalue weighted by Gasteiger charge is 2.16. The van der Waals surface area contributed by atoms with E-state index in [-0.39, 0.29) is 0 Å². The Morgan fingerprint density at radius 3 is 2.31 bits per heavy atom. The molecule has 1 aliphatic heterocycles. The monoisotopic (exact) mass is 338 g/mol. The second kappa shape index (κ2) is 6.15. The third kappa shape index (κ3) is 2.47. The summed E-state index contributed by atoms with van der Waals surface area (Å²) >= 11 is 0. The van der Waals surface area contributed by atoms with E-state index in [2.05, 4.69) is 69.4 Å². The number of hydrogen-bond acceptors (Lipinski definition) is 3. The van der Waals surface area contributed by atoms with Crippen LogP contribution in [0.15, 0.2) is 84.0 Å². The second-order valence-corrected chi connectivity index (χ2v) is 6.34. The summed E-state index contributed by atoms with van der Waals surface area (Å²) in [5.41, 5.74) is 6.45. The van der Waals surface area contributed by atoms with Crippen LogP contribution >= 0.6 is 0 Å². The summed E-state index contributed by atoms with van der Waals surface area (Å²) < 4.78 is 2.15. The molecule has 5 rings (SSSR count). The highest BCUT2D eigenvalue weighted by atomic mass is 15.1. The van der Waals surface area contributed by atoms with Crippen LogP contribution in [0, 0.1) is 0 Å². The Bertz CT molecular complexity index is 1090. The predicted molar refractivity (Wildman–Crippen MR) is 105 cm³/mol. The maximum absolute atomic E-state index is 4.90. The van der Waals surface area contributed by atoms with Crippen LogP contribution in [0.4, 0.5) is 0 Å². The molecule has 0 fully saturated rings. The van der Waals surface area contributed by atoms with E-state index in [1.54, 1.807) is 0 Å². The Morgan fingerprint density at radius 1 is 0.769 bits per heavy atom. The number of rotatable bonds is 3. The minimum atomic E-state index is 0.849. The Morgan fingerprint density at radius 2 is 1.54 bits per heavy atom. The van der Waals surface area contributed by atoms with Crippen molar-refractivity contribution >= 4 is 11.5 Å².